The lowest BCUT2D eigenvalue weighted by molar-refractivity contribution is -0.125. The van der Waals surface area contributed by atoms with Gasteiger partial charge in [-0.05, 0) is 37.6 Å². The molecule has 0 bridgehead atoms. The Morgan fingerprint density at radius 2 is 2.07 bits per heavy atom. The summed E-state index contributed by atoms with van der Waals surface area (Å²) in [6.45, 7) is 6.40. The Morgan fingerprint density at radius 3 is 2.60 bits per heavy atom. The molecule has 1 aliphatic heterocycles. The summed E-state index contributed by atoms with van der Waals surface area (Å²) in [6.07, 6.45) is 3.42. The van der Waals surface area contributed by atoms with Gasteiger partial charge in [0.05, 0.1) is 5.92 Å². The zero-order valence-corrected chi connectivity index (χ0v) is 9.75. The molecule has 0 aromatic carbocycles. The SMILES string of the molecule is CC1CCC(NC(=O)C2CCNC2)C1C. The summed E-state index contributed by atoms with van der Waals surface area (Å²) in [5.74, 6) is 1.89. The molecule has 1 aliphatic carbocycles. The molecule has 15 heavy (non-hydrogen) atoms. The van der Waals surface area contributed by atoms with Gasteiger partial charge in [0, 0.05) is 12.6 Å². The largest absolute Gasteiger partial charge is 0.353 e. The molecule has 2 fully saturated rings. The summed E-state index contributed by atoms with van der Waals surface area (Å²) < 4.78 is 0. The lowest BCUT2D eigenvalue weighted by Crippen LogP contribution is -2.41. The summed E-state index contributed by atoms with van der Waals surface area (Å²) in [4.78, 5) is 11.9. The first-order chi connectivity index (χ1) is 7.18. The molecule has 0 aromatic heterocycles. The Bertz CT molecular complexity index is 236. The van der Waals surface area contributed by atoms with Crippen LogP contribution in [-0.2, 0) is 4.79 Å². The molecule has 3 nitrogen and oxygen atoms in total. The van der Waals surface area contributed by atoms with Gasteiger partial charge in [0.2, 0.25) is 5.91 Å². The first-order valence-electron chi connectivity index (χ1n) is 6.19. The van der Waals surface area contributed by atoms with E-state index in [1.165, 1.54) is 6.42 Å². The minimum Gasteiger partial charge on any atom is -0.353 e. The van der Waals surface area contributed by atoms with Gasteiger partial charge in [0.15, 0.2) is 0 Å². The van der Waals surface area contributed by atoms with Crippen molar-refractivity contribution in [2.24, 2.45) is 17.8 Å². The maximum Gasteiger partial charge on any atom is 0.224 e. The summed E-state index contributed by atoms with van der Waals surface area (Å²) in [5, 5.41) is 6.46. The lowest BCUT2D eigenvalue weighted by atomic mass is 9.97. The lowest BCUT2D eigenvalue weighted by Gasteiger charge is -2.21. The van der Waals surface area contributed by atoms with Crippen molar-refractivity contribution in [3.8, 4) is 0 Å². The second-order valence-corrected chi connectivity index (χ2v) is 5.22. The van der Waals surface area contributed by atoms with E-state index in [1.54, 1.807) is 0 Å². The molecule has 2 N–H and O–H groups in total. The van der Waals surface area contributed by atoms with E-state index >= 15 is 0 Å². The highest BCUT2D eigenvalue weighted by molar-refractivity contribution is 5.79. The molecule has 1 heterocycles. The van der Waals surface area contributed by atoms with Gasteiger partial charge < -0.3 is 10.6 Å². The van der Waals surface area contributed by atoms with Gasteiger partial charge in [-0.2, -0.15) is 0 Å². The van der Waals surface area contributed by atoms with Crippen LogP contribution in [-0.4, -0.2) is 25.0 Å². The standard InChI is InChI=1S/C12H22N2O/c1-8-3-4-11(9(8)2)14-12(15)10-5-6-13-7-10/h8-11,13H,3-7H2,1-2H3,(H,14,15). The molecule has 1 saturated carbocycles. The second kappa shape index (κ2) is 4.52. The van der Waals surface area contributed by atoms with Gasteiger partial charge in [-0.15, -0.1) is 0 Å². The molecule has 2 rings (SSSR count). The molecular formula is C12H22N2O. The van der Waals surface area contributed by atoms with Crippen LogP contribution in [0, 0.1) is 17.8 Å². The third-order valence-electron chi connectivity index (χ3n) is 4.22. The minimum absolute atomic E-state index is 0.216. The van der Waals surface area contributed by atoms with Crippen molar-refractivity contribution in [1.82, 2.24) is 10.6 Å². The van der Waals surface area contributed by atoms with Crippen molar-refractivity contribution >= 4 is 5.91 Å². The number of hydrogen-bond donors (Lipinski definition) is 2. The maximum atomic E-state index is 11.9. The minimum atomic E-state index is 0.216. The fraction of sp³-hybridized carbons (Fsp3) is 0.917. The van der Waals surface area contributed by atoms with Crippen molar-refractivity contribution in [3.63, 3.8) is 0 Å². The number of hydrogen-bond acceptors (Lipinski definition) is 2. The van der Waals surface area contributed by atoms with Crippen LogP contribution in [0.5, 0.6) is 0 Å². The molecule has 4 unspecified atom stereocenters. The Hall–Kier alpha value is -0.570. The number of amides is 1. The van der Waals surface area contributed by atoms with Crippen molar-refractivity contribution < 1.29 is 4.79 Å². The Balaban J connectivity index is 1.83. The molecule has 86 valence electrons. The first-order valence-corrected chi connectivity index (χ1v) is 6.19. The predicted molar refractivity (Wildman–Crippen MR) is 60.5 cm³/mol. The van der Waals surface area contributed by atoms with Gasteiger partial charge in [0.1, 0.15) is 0 Å². The normalized spacial score (nSPS) is 40.7. The third kappa shape index (κ3) is 2.33. The Labute approximate surface area is 92.0 Å². The monoisotopic (exact) mass is 210 g/mol. The average Bonchev–Trinajstić information content (AvgIpc) is 2.83. The molecule has 3 heteroatoms. The topological polar surface area (TPSA) is 41.1 Å². The first kappa shape index (κ1) is 10.9. The molecular weight excluding hydrogens is 188 g/mol. The van der Waals surface area contributed by atoms with Crippen LogP contribution in [0.1, 0.15) is 33.1 Å². The van der Waals surface area contributed by atoms with Crippen molar-refractivity contribution in [2.45, 2.75) is 39.2 Å². The van der Waals surface area contributed by atoms with Gasteiger partial charge in [-0.3, -0.25) is 4.79 Å². The molecule has 0 aromatic rings. The van der Waals surface area contributed by atoms with Crippen LogP contribution >= 0.6 is 0 Å². The Morgan fingerprint density at radius 1 is 1.27 bits per heavy atom. The predicted octanol–water partition coefficient (Wildman–Crippen LogP) is 1.15. The van der Waals surface area contributed by atoms with E-state index in [-0.39, 0.29) is 11.8 Å². The number of nitrogens with one attached hydrogen (secondary N) is 2. The zero-order valence-electron chi connectivity index (χ0n) is 9.75. The highest BCUT2D eigenvalue weighted by Gasteiger charge is 2.32. The number of carbonyl (C=O) groups excluding carboxylic acids is 1. The van der Waals surface area contributed by atoms with Crippen molar-refractivity contribution in [3.05, 3.63) is 0 Å². The summed E-state index contributed by atoms with van der Waals surface area (Å²) >= 11 is 0. The molecule has 1 amide bonds. The molecule has 2 aliphatic rings. The van der Waals surface area contributed by atoms with Crippen molar-refractivity contribution in [1.29, 1.82) is 0 Å². The van der Waals surface area contributed by atoms with Gasteiger partial charge in [0.25, 0.3) is 0 Å². The van der Waals surface area contributed by atoms with Crippen LogP contribution in [0.2, 0.25) is 0 Å². The van der Waals surface area contributed by atoms with E-state index in [0.717, 1.165) is 31.8 Å². The van der Waals surface area contributed by atoms with Crippen LogP contribution in [0.3, 0.4) is 0 Å². The van der Waals surface area contributed by atoms with Gasteiger partial charge in [-0.25, -0.2) is 0 Å². The summed E-state index contributed by atoms with van der Waals surface area (Å²) in [5.41, 5.74) is 0. The van der Waals surface area contributed by atoms with Gasteiger partial charge in [-0.1, -0.05) is 13.8 Å². The maximum absolute atomic E-state index is 11.9. The fourth-order valence-electron chi connectivity index (χ4n) is 2.75. The zero-order chi connectivity index (χ0) is 10.8. The molecule has 4 atom stereocenters. The second-order valence-electron chi connectivity index (χ2n) is 5.22. The van der Waals surface area contributed by atoms with E-state index in [2.05, 4.69) is 24.5 Å². The van der Waals surface area contributed by atoms with Crippen molar-refractivity contribution in [2.75, 3.05) is 13.1 Å². The van der Waals surface area contributed by atoms with E-state index in [4.69, 9.17) is 0 Å². The smallest absolute Gasteiger partial charge is 0.224 e. The fourth-order valence-corrected chi connectivity index (χ4v) is 2.75. The molecule has 0 spiro atoms. The third-order valence-corrected chi connectivity index (χ3v) is 4.22. The highest BCUT2D eigenvalue weighted by Crippen LogP contribution is 2.31. The molecule has 1 saturated heterocycles. The highest BCUT2D eigenvalue weighted by atomic mass is 16.2. The summed E-state index contributed by atoms with van der Waals surface area (Å²) in [6, 6.07) is 0.424. The van der Waals surface area contributed by atoms with E-state index in [0.29, 0.717) is 12.0 Å². The van der Waals surface area contributed by atoms with E-state index in [9.17, 15) is 4.79 Å². The van der Waals surface area contributed by atoms with Crippen LogP contribution in [0.15, 0.2) is 0 Å². The molecule has 0 radical (unpaired) electrons. The Kier molecular flexibility index (Phi) is 3.29. The quantitative estimate of drug-likeness (QED) is 0.718. The van der Waals surface area contributed by atoms with Crippen LogP contribution < -0.4 is 10.6 Å². The number of rotatable bonds is 2. The summed E-state index contributed by atoms with van der Waals surface area (Å²) in [7, 11) is 0. The van der Waals surface area contributed by atoms with Crippen LogP contribution in [0.4, 0.5) is 0 Å². The van der Waals surface area contributed by atoms with Crippen LogP contribution in [0.25, 0.3) is 0 Å². The average molecular weight is 210 g/mol. The van der Waals surface area contributed by atoms with E-state index in [1.807, 2.05) is 0 Å². The van der Waals surface area contributed by atoms with E-state index < -0.39 is 0 Å². The van der Waals surface area contributed by atoms with Gasteiger partial charge >= 0.3 is 0 Å². The number of carbonyl (C=O) groups is 1.